The Morgan fingerprint density at radius 2 is 1.57 bits per heavy atom. The van der Waals surface area contributed by atoms with E-state index in [0.29, 0.717) is 0 Å². The zero-order valence-corrected chi connectivity index (χ0v) is 10.3. The topological polar surface area (TPSA) is 15.3 Å². The summed E-state index contributed by atoms with van der Waals surface area (Å²) in [4.78, 5) is 2.47. The van der Waals surface area contributed by atoms with Crippen LogP contribution < -0.4 is 5.32 Å². The van der Waals surface area contributed by atoms with Crippen molar-refractivity contribution in [2.24, 2.45) is 0 Å². The van der Waals surface area contributed by atoms with E-state index in [2.05, 4.69) is 24.2 Å². The Hall–Kier alpha value is -0.0800. The van der Waals surface area contributed by atoms with Crippen molar-refractivity contribution in [3.63, 3.8) is 0 Å². The molecule has 0 rings (SSSR count). The number of nitrogens with zero attached hydrogens (tertiary/aromatic N) is 1. The van der Waals surface area contributed by atoms with Crippen LogP contribution in [0.2, 0.25) is 0 Å². The Morgan fingerprint density at radius 3 is 2.14 bits per heavy atom. The number of rotatable bonds is 10. The maximum Gasteiger partial charge on any atom is -0.00218 e. The third-order valence-electron chi connectivity index (χ3n) is 2.61. The van der Waals surface area contributed by atoms with Crippen LogP contribution in [0.3, 0.4) is 0 Å². The van der Waals surface area contributed by atoms with Crippen LogP contribution in [0.15, 0.2) is 0 Å². The van der Waals surface area contributed by atoms with E-state index in [1.54, 1.807) is 0 Å². The van der Waals surface area contributed by atoms with Crippen molar-refractivity contribution in [1.82, 2.24) is 10.2 Å². The lowest BCUT2D eigenvalue weighted by Gasteiger charge is -2.15. The SMILES string of the molecule is CCCCCN(C)CCCCCNC. The molecule has 2 nitrogen and oxygen atoms in total. The van der Waals surface area contributed by atoms with Gasteiger partial charge in [-0.3, -0.25) is 0 Å². The Labute approximate surface area is 90.1 Å². The standard InChI is InChI=1S/C12H28N2/c1-4-5-8-11-14(3)12-9-6-7-10-13-2/h13H,4-12H2,1-3H3. The molecule has 1 N–H and O–H groups in total. The van der Waals surface area contributed by atoms with Gasteiger partial charge in [-0.2, -0.15) is 0 Å². The van der Waals surface area contributed by atoms with Gasteiger partial charge in [-0.05, 0) is 53.0 Å². The number of hydrogen-bond acceptors (Lipinski definition) is 2. The molecule has 0 unspecified atom stereocenters. The number of nitrogens with one attached hydrogen (secondary N) is 1. The predicted octanol–water partition coefficient (Wildman–Crippen LogP) is 2.50. The predicted molar refractivity (Wildman–Crippen MR) is 64.8 cm³/mol. The molecule has 0 aliphatic carbocycles. The molecule has 0 aromatic rings. The van der Waals surface area contributed by atoms with Crippen LogP contribution in [0.5, 0.6) is 0 Å². The van der Waals surface area contributed by atoms with E-state index in [0.717, 1.165) is 0 Å². The molecule has 0 radical (unpaired) electrons. The van der Waals surface area contributed by atoms with E-state index < -0.39 is 0 Å². The minimum absolute atomic E-state index is 1.17. The van der Waals surface area contributed by atoms with Gasteiger partial charge in [0.25, 0.3) is 0 Å². The minimum atomic E-state index is 1.17. The summed E-state index contributed by atoms with van der Waals surface area (Å²) in [5.41, 5.74) is 0. The van der Waals surface area contributed by atoms with Gasteiger partial charge >= 0.3 is 0 Å². The summed E-state index contributed by atoms with van der Waals surface area (Å²) >= 11 is 0. The molecule has 14 heavy (non-hydrogen) atoms. The quantitative estimate of drug-likeness (QED) is 0.545. The summed E-state index contributed by atoms with van der Waals surface area (Å²) in [7, 11) is 4.27. The largest absolute Gasteiger partial charge is 0.320 e. The van der Waals surface area contributed by atoms with Crippen molar-refractivity contribution in [3.8, 4) is 0 Å². The van der Waals surface area contributed by atoms with Crippen LogP contribution in [0.1, 0.15) is 45.4 Å². The molecule has 0 aliphatic heterocycles. The van der Waals surface area contributed by atoms with Crippen LogP contribution in [-0.4, -0.2) is 38.6 Å². The van der Waals surface area contributed by atoms with Crippen molar-refractivity contribution < 1.29 is 0 Å². The molecule has 2 heteroatoms. The van der Waals surface area contributed by atoms with Gasteiger partial charge in [-0.1, -0.05) is 26.2 Å². The minimum Gasteiger partial charge on any atom is -0.320 e. The first-order chi connectivity index (χ1) is 6.81. The Kier molecular flexibility index (Phi) is 10.9. The second-order valence-corrected chi connectivity index (χ2v) is 4.17. The van der Waals surface area contributed by atoms with Gasteiger partial charge in [-0.15, -0.1) is 0 Å². The Bertz CT molecular complexity index is 104. The van der Waals surface area contributed by atoms with Crippen molar-refractivity contribution in [3.05, 3.63) is 0 Å². The molecule has 0 aromatic carbocycles. The second kappa shape index (κ2) is 11.0. The van der Waals surface area contributed by atoms with Crippen LogP contribution in [0.4, 0.5) is 0 Å². The van der Waals surface area contributed by atoms with Crippen molar-refractivity contribution in [2.75, 3.05) is 33.7 Å². The summed E-state index contributed by atoms with van der Waals surface area (Å²) < 4.78 is 0. The van der Waals surface area contributed by atoms with E-state index in [9.17, 15) is 0 Å². The average molecular weight is 200 g/mol. The molecule has 0 fully saturated rings. The van der Waals surface area contributed by atoms with Gasteiger partial charge in [0, 0.05) is 0 Å². The maximum absolute atomic E-state index is 3.18. The van der Waals surface area contributed by atoms with E-state index >= 15 is 0 Å². The monoisotopic (exact) mass is 200 g/mol. The summed E-state index contributed by atoms with van der Waals surface area (Å²) in [5.74, 6) is 0. The first-order valence-electron chi connectivity index (χ1n) is 6.14. The van der Waals surface area contributed by atoms with Crippen molar-refractivity contribution in [1.29, 1.82) is 0 Å². The van der Waals surface area contributed by atoms with E-state index in [4.69, 9.17) is 0 Å². The second-order valence-electron chi connectivity index (χ2n) is 4.17. The van der Waals surface area contributed by atoms with Crippen molar-refractivity contribution >= 4 is 0 Å². The maximum atomic E-state index is 3.18. The van der Waals surface area contributed by atoms with Gasteiger partial charge < -0.3 is 10.2 Å². The highest BCUT2D eigenvalue weighted by Gasteiger charge is 1.97. The molecule has 0 bridgehead atoms. The first-order valence-corrected chi connectivity index (χ1v) is 6.14. The zero-order chi connectivity index (χ0) is 10.6. The molecule has 0 saturated carbocycles. The number of hydrogen-bond donors (Lipinski definition) is 1. The van der Waals surface area contributed by atoms with Gasteiger partial charge in [0.05, 0.1) is 0 Å². The number of unbranched alkanes of at least 4 members (excludes halogenated alkanes) is 4. The highest BCUT2D eigenvalue weighted by atomic mass is 15.1. The van der Waals surface area contributed by atoms with Gasteiger partial charge in [0.1, 0.15) is 0 Å². The first kappa shape index (κ1) is 13.9. The summed E-state index contributed by atoms with van der Waals surface area (Å²) in [6, 6.07) is 0. The van der Waals surface area contributed by atoms with E-state index in [1.807, 2.05) is 7.05 Å². The van der Waals surface area contributed by atoms with Crippen LogP contribution in [-0.2, 0) is 0 Å². The molecule has 0 saturated heterocycles. The smallest absolute Gasteiger partial charge is 0.00218 e. The molecule has 0 aliphatic rings. The van der Waals surface area contributed by atoms with Crippen molar-refractivity contribution in [2.45, 2.75) is 45.4 Å². The molecule has 0 heterocycles. The molecule has 0 aromatic heterocycles. The average Bonchev–Trinajstić information content (AvgIpc) is 2.18. The third kappa shape index (κ3) is 10.0. The fourth-order valence-corrected chi connectivity index (χ4v) is 1.60. The van der Waals surface area contributed by atoms with Crippen LogP contribution in [0, 0.1) is 0 Å². The molecule has 0 atom stereocenters. The molecule has 86 valence electrons. The molecular formula is C12H28N2. The lowest BCUT2D eigenvalue weighted by Crippen LogP contribution is -2.21. The lowest BCUT2D eigenvalue weighted by molar-refractivity contribution is 0.316. The van der Waals surface area contributed by atoms with Crippen LogP contribution in [0.25, 0.3) is 0 Å². The lowest BCUT2D eigenvalue weighted by atomic mass is 10.2. The zero-order valence-electron chi connectivity index (χ0n) is 10.3. The molecule has 0 spiro atoms. The highest BCUT2D eigenvalue weighted by Crippen LogP contribution is 2.00. The normalized spacial score (nSPS) is 11.1. The highest BCUT2D eigenvalue weighted by molar-refractivity contribution is 4.53. The van der Waals surface area contributed by atoms with Crippen LogP contribution >= 0.6 is 0 Å². The van der Waals surface area contributed by atoms with E-state index in [-0.39, 0.29) is 0 Å². The fourth-order valence-electron chi connectivity index (χ4n) is 1.60. The Morgan fingerprint density at radius 1 is 0.929 bits per heavy atom. The Balaban J connectivity index is 3.06. The fraction of sp³-hybridized carbons (Fsp3) is 1.00. The van der Waals surface area contributed by atoms with E-state index in [1.165, 1.54) is 58.2 Å². The summed E-state index contributed by atoms with van der Waals surface area (Å²) in [6.07, 6.45) is 8.10. The molecule has 0 amide bonds. The summed E-state index contributed by atoms with van der Waals surface area (Å²) in [5, 5.41) is 3.18. The van der Waals surface area contributed by atoms with Gasteiger partial charge in [0.2, 0.25) is 0 Å². The van der Waals surface area contributed by atoms with Gasteiger partial charge in [0.15, 0.2) is 0 Å². The summed E-state index contributed by atoms with van der Waals surface area (Å²) in [6.45, 7) is 5.98. The third-order valence-corrected chi connectivity index (χ3v) is 2.61. The van der Waals surface area contributed by atoms with Gasteiger partial charge in [-0.25, -0.2) is 0 Å². The molecular weight excluding hydrogens is 172 g/mol.